The van der Waals surface area contributed by atoms with Gasteiger partial charge in [0.15, 0.2) is 0 Å². The SMILES string of the molecule is O=[N+]([O-])c1cccc2c1ccn2Cc1cscn1. The zero-order valence-electron chi connectivity index (χ0n) is 9.31. The van der Waals surface area contributed by atoms with E-state index in [2.05, 4.69) is 4.98 Å². The minimum atomic E-state index is -0.352. The summed E-state index contributed by atoms with van der Waals surface area (Å²) in [4.78, 5) is 14.8. The highest BCUT2D eigenvalue weighted by atomic mass is 32.1. The van der Waals surface area contributed by atoms with Crippen LogP contribution >= 0.6 is 11.3 Å². The van der Waals surface area contributed by atoms with Crippen LogP contribution in [-0.2, 0) is 6.54 Å². The Bertz CT molecular complexity index is 703. The molecule has 5 nitrogen and oxygen atoms in total. The third kappa shape index (κ3) is 1.76. The molecule has 0 spiro atoms. The molecule has 3 aromatic rings. The third-order valence-corrected chi connectivity index (χ3v) is 3.44. The lowest BCUT2D eigenvalue weighted by molar-refractivity contribution is -0.383. The van der Waals surface area contributed by atoms with Gasteiger partial charge in [-0.2, -0.15) is 0 Å². The van der Waals surface area contributed by atoms with E-state index in [1.165, 1.54) is 6.07 Å². The molecule has 0 saturated carbocycles. The molecule has 2 aromatic heterocycles. The summed E-state index contributed by atoms with van der Waals surface area (Å²) in [5.41, 5.74) is 3.74. The van der Waals surface area contributed by atoms with E-state index in [4.69, 9.17) is 0 Å². The van der Waals surface area contributed by atoms with E-state index in [1.807, 2.05) is 22.2 Å². The number of thiazole rings is 1. The molecule has 3 rings (SSSR count). The van der Waals surface area contributed by atoms with Gasteiger partial charge in [0.2, 0.25) is 0 Å². The number of nitro benzene ring substituents is 1. The predicted molar refractivity (Wildman–Crippen MR) is 69.8 cm³/mol. The lowest BCUT2D eigenvalue weighted by Gasteiger charge is -2.02. The average molecular weight is 259 g/mol. The minimum Gasteiger partial charge on any atom is -0.341 e. The van der Waals surface area contributed by atoms with Crippen LogP contribution in [0, 0.1) is 10.1 Å². The first-order valence-corrected chi connectivity index (χ1v) is 6.29. The molecular weight excluding hydrogens is 250 g/mol. The standard InChI is InChI=1S/C12H9N3O2S/c16-15(17)12-3-1-2-11-10(12)4-5-14(11)6-9-7-18-8-13-9/h1-5,7-8H,6H2. The van der Waals surface area contributed by atoms with Crippen LogP contribution in [0.3, 0.4) is 0 Å². The molecule has 0 aliphatic heterocycles. The van der Waals surface area contributed by atoms with Gasteiger partial charge in [0.1, 0.15) is 0 Å². The first-order valence-electron chi connectivity index (χ1n) is 5.35. The van der Waals surface area contributed by atoms with Gasteiger partial charge in [-0.05, 0) is 12.1 Å². The van der Waals surface area contributed by atoms with Crippen molar-refractivity contribution in [3.63, 3.8) is 0 Å². The van der Waals surface area contributed by atoms with E-state index in [1.54, 1.807) is 29.0 Å². The summed E-state index contributed by atoms with van der Waals surface area (Å²) in [6.07, 6.45) is 1.86. The molecule has 0 amide bonds. The minimum absolute atomic E-state index is 0.143. The smallest absolute Gasteiger partial charge is 0.278 e. The number of hydrogen-bond donors (Lipinski definition) is 0. The topological polar surface area (TPSA) is 61.0 Å². The normalized spacial score (nSPS) is 10.9. The van der Waals surface area contributed by atoms with Crippen LogP contribution in [0.15, 0.2) is 41.4 Å². The number of nitrogens with zero attached hydrogens (tertiary/aromatic N) is 3. The molecule has 0 atom stereocenters. The molecule has 0 N–H and O–H groups in total. The van der Waals surface area contributed by atoms with Gasteiger partial charge in [0, 0.05) is 17.6 Å². The van der Waals surface area contributed by atoms with Crippen LogP contribution in [0.2, 0.25) is 0 Å². The molecule has 18 heavy (non-hydrogen) atoms. The van der Waals surface area contributed by atoms with Gasteiger partial charge in [0.05, 0.1) is 33.6 Å². The zero-order valence-corrected chi connectivity index (χ0v) is 10.1. The maximum atomic E-state index is 10.9. The fraction of sp³-hybridized carbons (Fsp3) is 0.0833. The summed E-state index contributed by atoms with van der Waals surface area (Å²) in [6.45, 7) is 0.633. The van der Waals surface area contributed by atoms with Crippen molar-refractivity contribution in [1.82, 2.24) is 9.55 Å². The highest BCUT2D eigenvalue weighted by Gasteiger charge is 2.13. The molecule has 0 radical (unpaired) electrons. The van der Waals surface area contributed by atoms with Crippen molar-refractivity contribution in [1.29, 1.82) is 0 Å². The molecule has 2 heterocycles. The summed E-state index contributed by atoms with van der Waals surface area (Å²) >= 11 is 1.54. The van der Waals surface area contributed by atoms with Gasteiger partial charge < -0.3 is 4.57 Å². The van der Waals surface area contributed by atoms with Crippen LogP contribution in [0.5, 0.6) is 0 Å². The number of fused-ring (bicyclic) bond motifs is 1. The Morgan fingerprint density at radius 2 is 2.28 bits per heavy atom. The van der Waals surface area contributed by atoms with Crippen LogP contribution in [-0.4, -0.2) is 14.5 Å². The van der Waals surface area contributed by atoms with Crippen molar-refractivity contribution in [3.8, 4) is 0 Å². The monoisotopic (exact) mass is 259 g/mol. The second-order valence-corrected chi connectivity index (χ2v) is 4.61. The zero-order chi connectivity index (χ0) is 12.5. The highest BCUT2D eigenvalue weighted by molar-refractivity contribution is 7.07. The molecule has 0 unspecified atom stereocenters. The van der Waals surface area contributed by atoms with Crippen molar-refractivity contribution < 1.29 is 4.92 Å². The third-order valence-electron chi connectivity index (χ3n) is 2.80. The fourth-order valence-corrected chi connectivity index (χ4v) is 2.54. The van der Waals surface area contributed by atoms with E-state index in [9.17, 15) is 10.1 Å². The number of non-ortho nitro benzene ring substituents is 1. The molecule has 0 aliphatic carbocycles. The van der Waals surface area contributed by atoms with E-state index in [0.717, 1.165) is 11.2 Å². The number of hydrogen-bond acceptors (Lipinski definition) is 4. The van der Waals surface area contributed by atoms with Crippen LogP contribution < -0.4 is 0 Å². The molecule has 90 valence electrons. The van der Waals surface area contributed by atoms with E-state index >= 15 is 0 Å². The summed E-state index contributed by atoms with van der Waals surface area (Å²) in [6, 6.07) is 6.89. The molecule has 0 aliphatic rings. The number of aromatic nitrogens is 2. The Morgan fingerprint density at radius 1 is 1.39 bits per heavy atom. The lowest BCUT2D eigenvalue weighted by atomic mass is 10.2. The highest BCUT2D eigenvalue weighted by Crippen LogP contribution is 2.26. The fourth-order valence-electron chi connectivity index (χ4n) is 1.99. The predicted octanol–water partition coefficient (Wildman–Crippen LogP) is 3.05. The molecular formula is C12H9N3O2S. The summed E-state index contributed by atoms with van der Waals surface area (Å²) in [7, 11) is 0. The Morgan fingerprint density at radius 3 is 3.00 bits per heavy atom. The van der Waals surface area contributed by atoms with E-state index in [-0.39, 0.29) is 10.6 Å². The summed E-state index contributed by atoms with van der Waals surface area (Å²) in [5.74, 6) is 0. The Labute approximate surface area is 106 Å². The largest absolute Gasteiger partial charge is 0.341 e. The van der Waals surface area contributed by atoms with Crippen LogP contribution in [0.4, 0.5) is 5.69 Å². The van der Waals surface area contributed by atoms with Crippen LogP contribution in [0.25, 0.3) is 10.9 Å². The maximum absolute atomic E-state index is 10.9. The van der Waals surface area contributed by atoms with Crippen molar-refractivity contribution >= 4 is 27.9 Å². The molecule has 0 bridgehead atoms. The molecule has 6 heteroatoms. The van der Waals surface area contributed by atoms with Gasteiger partial charge in [-0.3, -0.25) is 10.1 Å². The maximum Gasteiger partial charge on any atom is 0.278 e. The first kappa shape index (κ1) is 10.9. The van der Waals surface area contributed by atoms with Crippen molar-refractivity contribution in [2.45, 2.75) is 6.54 Å². The second-order valence-electron chi connectivity index (χ2n) is 3.89. The van der Waals surface area contributed by atoms with E-state index < -0.39 is 0 Å². The van der Waals surface area contributed by atoms with Crippen LogP contribution in [0.1, 0.15) is 5.69 Å². The van der Waals surface area contributed by atoms with Gasteiger partial charge in [-0.15, -0.1) is 11.3 Å². The Hall–Kier alpha value is -2.21. The second kappa shape index (κ2) is 4.23. The van der Waals surface area contributed by atoms with Gasteiger partial charge in [-0.25, -0.2) is 4.98 Å². The van der Waals surface area contributed by atoms with Crippen molar-refractivity contribution in [2.24, 2.45) is 0 Å². The molecule has 1 aromatic carbocycles. The molecule has 0 fully saturated rings. The lowest BCUT2D eigenvalue weighted by Crippen LogP contribution is -1.98. The quantitative estimate of drug-likeness (QED) is 0.536. The number of benzene rings is 1. The van der Waals surface area contributed by atoms with E-state index in [0.29, 0.717) is 11.9 Å². The summed E-state index contributed by atoms with van der Waals surface area (Å²) in [5, 5.41) is 13.6. The number of rotatable bonds is 3. The van der Waals surface area contributed by atoms with Gasteiger partial charge in [-0.1, -0.05) is 6.07 Å². The first-order chi connectivity index (χ1) is 8.75. The Kier molecular flexibility index (Phi) is 2.56. The number of nitro groups is 1. The Balaban J connectivity index is 2.09. The average Bonchev–Trinajstić information content (AvgIpc) is 2.99. The summed E-state index contributed by atoms with van der Waals surface area (Å²) < 4.78 is 1.97. The van der Waals surface area contributed by atoms with Crippen molar-refractivity contribution in [3.05, 3.63) is 57.2 Å². The molecule has 0 saturated heterocycles. The van der Waals surface area contributed by atoms with Crippen molar-refractivity contribution in [2.75, 3.05) is 0 Å². The van der Waals surface area contributed by atoms with Gasteiger partial charge in [0.25, 0.3) is 5.69 Å². The van der Waals surface area contributed by atoms with Gasteiger partial charge >= 0.3 is 0 Å².